The molecule has 6 heteroatoms. The van der Waals surface area contributed by atoms with E-state index in [-0.39, 0.29) is 0 Å². The molecule has 1 N–H and O–H groups in total. The summed E-state index contributed by atoms with van der Waals surface area (Å²) in [4.78, 5) is 23.4. The maximum Gasteiger partial charge on any atom is 0.265 e. The summed E-state index contributed by atoms with van der Waals surface area (Å²) in [6, 6.07) is 0.777. The molecular weight excluding hydrogens is 204 g/mol. The van der Waals surface area contributed by atoms with Crippen molar-refractivity contribution in [2.75, 3.05) is 0 Å². The van der Waals surface area contributed by atoms with Crippen molar-refractivity contribution in [3.05, 3.63) is 33.7 Å². The maximum atomic E-state index is 12.1. The summed E-state index contributed by atoms with van der Waals surface area (Å²) in [5, 5.41) is -1.05. The number of aromatic amines is 1. The van der Waals surface area contributed by atoms with E-state index in [1.165, 1.54) is 0 Å². The van der Waals surface area contributed by atoms with E-state index in [4.69, 9.17) is 11.6 Å². The number of aromatic nitrogens is 1. The minimum atomic E-state index is -2.74. The second kappa shape index (κ2) is 3.66. The molecule has 1 heterocycles. The first-order chi connectivity index (χ1) is 6.02. The Morgan fingerprint density at radius 2 is 2.15 bits per heavy atom. The molecule has 0 aliphatic carbocycles. The Morgan fingerprint density at radius 3 is 2.62 bits per heavy atom. The molecule has 0 unspecified atom stereocenters. The summed E-state index contributed by atoms with van der Waals surface area (Å²) in [7, 11) is 0. The van der Waals surface area contributed by atoms with Crippen LogP contribution in [0.5, 0.6) is 0 Å². The molecule has 0 amide bonds. The van der Waals surface area contributed by atoms with E-state index < -0.39 is 28.4 Å². The number of hydrogen-bond acceptors (Lipinski definition) is 2. The van der Waals surface area contributed by atoms with Crippen molar-refractivity contribution < 1.29 is 13.6 Å². The van der Waals surface area contributed by atoms with Crippen LogP contribution in [0.25, 0.3) is 0 Å². The molecular formula is C7H4ClF2NO2. The first-order valence-corrected chi connectivity index (χ1v) is 3.61. The minimum Gasteiger partial charge on any atom is -0.328 e. The predicted octanol–water partition coefficient (Wildman–Crippen LogP) is 1.69. The van der Waals surface area contributed by atoms with E-state index in [1.807, 2.05) is 4.98 Å². The summed E-state index contributed by atoms with van der Waals surface area (Å²) in [5.41, 5.74) is -1.69. The van der Waals surface area contributed by atoms with Gasteiger partial charge in [0.1, 0.15) is 0 Å². The number of nitrogens with one attached hydrogen (secondary N) is 1. The van der Waals surface area contributed by atoms with Crippen LogP contribution in [0.15, 0.2) is 17.1 Å². The van der Waals surface area contributed by atoms with Crippen molar-refractivity contribution >= 4 is 16.8 Å². The first-order valence-electron chi connectivity index (χ1n) is 3.23. The third-order valence-electron chi connectivity index (χ3n) is 1.39. The van der Waals surface area contributed by atoms with Crippen molar-refractivity contribution in [2.24, 2.45) is 0 Å². The van der Waals surface area contributed by atoms with E-state index in [0.717, 1.165) is 12.3 Å². The molecule has 1 aromatic heterocycles. The van der Waals surface area contributed by atoms with E-state index in [1.54, 1.807) is 0 Å². The fraction of sp³-hybridized carbons (Fsp3) is 0.143. The van der Waals surface area contributed by atoms with Crippen molar-refractivity contribution in [1.82, 2.24) is 4.98 Å². The van der Waals surface area contributed by atoms with Crippen molar-refractivity contribution in [3.63, 3.8) is 0 Å². The number of rotatable bonds is 2. The van der Waals surface area contributed by atoms with E-state index in [9.17, 15) is 18.4 Å². The van der Waals surface area contributed by atoms with Gasteiger partial charge < -0.3 is 4.98 Å². The Labute approximate surface area is 76.3 Å². The highest BCUT2D eigenvalue weighted by Gasteiger charge is 2.13. The topological polar surface area (TPSA) is 49.9 Å². The Bertz CT molecular complexity index is 388. The SMILES string of the molecule is O=C(Cl)c1cc(C(F)F)c[nH]c1=O. The second-order valence-corrected chi connectivity index (χ2v) is 2.59. The summed E-state index contributed by atoms with van der Waals surface area (Å²) < 4.78 is 24.1. The lowest BCUT2D eigenvalue weighted by atomic mass is 10.2. The molecule has 0 aliphatic heterocycles. The lowest BCUT2D eigenvalue weighted by molar-refractivity contribution is 0.107. The number of pyridine rings is 1. The van der Waals surface area contributed by atoms with Gasteiger partial charge in [0, 0.05) is 11.8 Å². The van der Waals surface area contributed by atoms with Crippen molar-refractivity contribution in [1.29, 1.82) is 0 Å². The van der Waals surface area contributed by atoms with Gasteiger partial charge in [-0.3, -0.25) is 9.59 Å². The Hall–Kier alpha value is -1.23. The van der Waals surface area contributed by atoms with Crippen LogP contribution in [0.1, 0.15) is 22.3 Å². The molecule has 0 fully saturated rings. The number of carbonyl (C=O) groups excluding carboxylic acids is 1. The smallest absolute Gasteiger partial charge is 0.265 e. The van der Waals surface area contributed by atoms with Crippen LogP contribution < -0.4 is 5.56 Å². The first kappa shape index (κ1) is 9.85. The average molecular weight is 208 g/mol. The largest absolute Gasteiger partial charge is 0.328 e. The van der Waals surface area contributed by atoms with Gasteiger partial charge in [-0.15, -0.1) is 0 Å². The van der Waals surface area contributed by atoms with E-state index in [0.29, 0.717) is 0 Å². The molecule has 0 radical (unpaired) electrons. The van der Waals surface area contributed by atoms with Crippen LogP contribution >= 0.6 is 11.6 Å². The van der Waals surface area contributed by atoms with E-state index in [2.05, 4.69) is 0 Å². The third-order valence-corrected chi connectivity index (χ3v) is 1.59. The zero-order chi connectivity index (χ0) is 10.0. The molecule has 13 heavy (non-hydrogen) atoms. The number of carbonyl (C=O) groups is 1. The fourth-order valence-corrected chi connectivity index (χ4v) is 0.913. The van der Waals surface area contributed by atoms with Gasteiger partial charge in [-0.25, -0.2) is 8.78 Å². The van der Waals surface area contributed by atoms with Gasteiger partial charge >= 0.3 is 0 Å². The zero-order valence-corrected chi connectivity index (χ0v) is 6.94. The molecule has 0 aromatic carbocycles. The van der Waals surface area contributed by atoms with Gasteiger partial charge in [-0.2, -0.15) is 0 Å². The molecule has 0 aliphatic rings. The van der Waals surface area contributed by atoms with Crippen molar-refractivity contribution in [3.8, 4) is 0 Å². The molecule has 1 aromatic rings. The van der Waals surface area contributed by atoms with Crippen LogP contribution in [0.4, 0.5) is 8.78 Å². The summed E-state index contributed by atoms with van der Waals surface area (Å²) in [5.74, 6) is 0. The molecule has 0 saturated heterocycles. The summed E-state index contributed by atoms with van der Waals surface area (Å²) in [6.45, 7) is 0. The molecule has 0 saturated carbocycles. The second-order valence-electron chi connectivity index (χ2n) is 2.25. The lowest BCUT2D eigenvalue weighted by Crippen LogP contribution is -2.15. The van der Waals surface area contributed by atoms with Crippen LogP contribution in [0.2, 0.25) is 0 Å². The predicted molar refractivity (Wildman–Crippen MR) is 42.2 cm³/mol. The quantitative estimate of drug-likeness (QED) is 0.751. The normalized spacial score (nSPS) is 10.5. The van der Waals surface area contributed by atoms with Gasteiger partial charge in [0.15, 0.2) is 0 Å². The highest BCUT2D eigenvalue weighted by Crippen LogP contribution is 2.17. The van der Waals surface area contributed by atoms with E-state index >= 15 is 0 Å². The van der Waals surface area contributed by atoms with Gasteiger partial charge in [0.25, 0.3) is 17.2 Å². The van der Waals surface area contributed by atoms with Gasteiger partial charge in [-0.1, -0.05) is 0 Å². The third kappa shape index (κ3) is 2.12. The minimum absolute atomic E-state index is 0.441. The molecule has 1 rings (SSSR count). The van der Waals surface area contributed by atoms with Crippen LogP contribution in [0.3, 0.4) is 0 Å². The highest BCUT2D eigenvalue weighted by atomic mass is 35.5. The Morgan fingerprint density at radius 1 is 1.54 bits per heavy atom. The molecule has 0 bridgehead atoms. The number of hydrogen-bond donors (Lipinski definition) is 1. The standard InChI is InChI=1S/C7H4ClF2NO2/c8-5(12)4-1-3(6(9)10)2-11-7(4)13/h1-2,6H,(H,11,13). The highest BCUT2D eigenvalue weighted by molar-refractivity contribution is 6.67. The zero-order valence-electron chi connectivity index (χ0n) is 6.18. The molecule has 3 nitrogen and oxygen atoms in total. The summed E-state index contributed by atoms with van der Waals surface area (Å²) in [6.07, 6.45) is -1.90. The van der Waals surface area contributed by atoms with Gasteiger partial charge in [0.05, 0.1) is 5.56 Å². The fourth-order valence-electron chi connectivity index (χ4n) is 0.772. The Balaban J connectivity index is 3.27. The Kier molecular flexibility index (Phi) is 2.77. The average Bonchev–Trinajstić information content (AvgIpc) is 2.04. The number of H-pyrrole nitrogens is 1. The summed E-state index contributed by atoms with van der Waals surface area (Å²) >= 11 is 4.98. The van der Waals surface area contributed by atoms with Gasteiger partial charge in [-0.05, 0) is 17.7 Å². The molecule has 0 atom stereocenters. The molecule has 70 valence electrons. The van der Waals surface area contributed by atoms with Crippen LogP contribution in [-0.2, 0) is 0 Å². The van der Waals surface area contributed by atoms with Crippen LogP contribution in [0, 0.1) is 0 Å². The maximum absolute atomic E-state index is 12.1. The van der Waals surface area contributed by atoms with Gasteiger partial charge in [0.2, 0.25) is 0 Å². The lowest BCUT2D eigenvalue weighted by Gasteiger charge is -1.99. The molecule has 0 spiro atoms. The van der Waals surface area contributed by atoms with Crippen LogP contribution in [-0.4, -0.2) is 10.2 Å². The monoisotopic (exact) mass is 207 g/mol. The number of alkyl halides is 2. The van der Waals surface area contributed by atoms with Crippen molar-refractivity contribution in [2.45, 2.75) is 6.43 Å². The number of halogens is 3.